The number of rotatable bonds is 3. The van der Waals surface area contributed by atoms with Gasteiger partial charge in [0.05, 0.1) is 0 Å². The number of hydrogen-bond acceptors (Lipinski definition) is 4. The molecule has 1 aliphatic heterocycles. The molecule has 5 heteroatoms. The van der Waals surface area contributed by atoms with Crippen molar-refractivity contribution in [3.63, 3.8) is 0 Å². The van der Waals surface area contributed by atoms with Crippen LogP contribution in [-0.2, 0) is 4.74 Å². The van der Waals surface area contributed by atoms with E-state index in [1.165, 1.54) is 18.4 Å². The molecule has 2 rings (SSSR count). The SMILES string of the molecule is CCN1CCC[C@@H]1c1ccc(NC(=O)OC(C)(C)C)nc1. The van der Waals surface area contributed by atoms with Crippen molar-refractivity contribution in [3.05, 3.63) is 23.9 Å². The van der Waals surface area contributed by atoms with Gasteiger partial charge in [0.15, 0.2) is 0 Å². The third-order valence-electron chi connectivity index (χ3n) is 3.57. The summed E-state index contributed by atoms with van der Waals surface area (Å²) in [5, 5.41) is 2.66. The predicted octanol–water partition coefficient (Wildman–Crippen LogP) is 3.59. The number of ether oxygens (including phenoxy) is 1. The van der Waals surface area contributed by atoms with E-state index in [1.54, 1.807) is 0 Å². The first-order valence-electron chi connectivity index (χ1n) is 7.59. The van der Waals surface area contributed by atoms with Crippen molar-refractivity contribution in [2.45, 2.75) is 52.2 Å². The number of aromatic nitrogens is 1. The largest absolute Gasteiger partial charge is 0.444 e. The van der Waals surface area contributed by atoms with Gasteiger partial charge in [-0.05, 0) is 58.3 Å². The fourth-order valence-corrected chi connectivity index (χ4v) is 2.67. The third kappa shape index (κ3) is 4.43. The lowest BCUT2D eigenvalue weighted by Gasteiger charge is -2.23. The van der Waals surface area contributed by atoms with Gasteiger partial charge in [-0.2, -0.15) is 0 Å². The van der Waals surface area contributed by atoms with Crippen molar-refractivity contribution < 1.29 is 9.53 Å². The Kier molecular flexibility index (Phi) is 4.83. The van der Waals surface area contributed by atoms with Crippen LogP contribution >= 0.6 is 0 Å². The van der Waals surface area contributed by atoms with Crippen molar-refractivity contribution in [1.29, 1.82) is 0 Å². The Morgan fingerprint density at radius 2 is 2.24 bits per heavy atom. The van der Waals surface area contributed by atoms with Crippen LogP contribution in [0.25, 0.3) is 0 Å². The summed E-state index contributed by atoms with van der Waals surface area (Å²) in [5.74, 6) is 0.522. The summed E-state index contributed by atoms with van der Waals surface area (Å²) in [6.07, 6.45) is 3.79. The molecule has 5 nitrogen and oxygen atoms in total. The highest BCUT2D eigenvalue weighted by atomic mass is 16.6. The summed E-state index contributed by atoms with van der Waals surface area (Å²) >= 11 is 0. The highest BCUT2D eigenvalue weighted by Crippen LogP contribution is 2.31. The average molecular weight is 291 g/mol. The number of nitrogens with zero attached hydrogens (tertiary/aromatic N) is 2. The van der Waals surface area contributed by atoms with E-state index in [1.807, 2.05) is 39.1 Å². The van der Waals surface area contributed by atoms with Crippen LogP contribution in [0, 0.1) is 0 Å². The first-order valence-corrected chi connectivity index (χ1v) is 7.59. The predicted molar refractivity (Wildman–Crippen MR) is 83.3 cm³/mol. The lowest BCUT2D eigenvalue weighted by molar-refractivity contribution is 0.0635. The van der Waals surface area contributed by atoms with Gasteiger partial charge in [0.2, 0.25) is 0 Å². The molecule has 1 N–H and O–H groups in total. The molecule has 0 unspecified atom stereocenters. The lowest BCUT2D eigenvalue weighted by atomic mass is 10.1. The summed E-state index contributed by atoms with van der Waals surface area (Å²) < 4.78 is 5.21. The summed E-state index contributed by atoms with van der Waals surface area (Å²) in [6.45, 7) is 9.90. The minimum atomic E-state index is -0.504. The second-order valence-corrected chi connectivity index (χ2v) is 6.39. The minimum Gasteiger partial charge on any atom is -0.444 e. The number of hydrogen-bond donors (Lipinski definition) is 1. The Morgan fingerprint density at radius 3 is 2.81 bits per heavy atom. The maximum atomic E-state index is 11.7. The van der Waals surface area contributed by atoms with E-state index in [9.17, 15) is 4.79 Å². The molecule has 1 saturated heterocycles. The van der Waals surface area contributed by atoms with Gasteiger partial charge in [0.25, 0.3) is 0 Å². The van der Waals surface area contributed by atoms with Crippen LogP contribution in [0.3, 0.4) is 0 Å². The fraction of sp³-hybridized carbons (Fsp3) is 0.625. The molecule has 1 fully saturated rings. The smallest absolute Gasteiger partial charge is 0.413 e. The minimum absolute atomic E-state index is 0.457. The number of pyridine rings is 1. The Labute approximate surface area is 126 Å². The zero-order chi connectivity index (χ0) is 15.5. The first kappa shape index (κ1) is 15.8. The summed E-state index contributed by atoms with van der Waals surface area (Å²) in [5.41, 5.74) is 0.708. The van der Waals surface area contributed by atoms with Crippen LogP contribution in [0.4, 0.5) is 10.6 Å². The Bertz CT molecular complexity index is 479. The second-order valence-electron chi connectivity index (χ2n) is 6.39. The molecule has 1 amide bonds. The van der Waals surface area contributed by atoms with Crippen LogP contribution in [0.5, 0.6) is 0 Å². The van der Waals surface area contributed by atoms with Gasteiger partial charge in [-0.3, -0.25) is 10.2 Å². The molecule has 0 aliphatic carbocycles. The molecule has 1 aliphatic rings. The van der Waals surface area contributed by atoms with Crippen molar-refractivity contribution in [2.75, 3.05) is 18.4 Å². The molecule has 0 bridgehead atoms. The molecule has 0 radical (unpaired) electrons. The van der Waals surface area contributed by atoms with Gasteiger partial charge in [0, 0.05) is 12.2 Å². The molecule has 2 heterocycles. The molecule has 0 saturated carbocycles. The molecule has 0 aromatic carbocycles. The van der Waals surface area contributed by atoms with E-state index < -0.39 is 11.7 Å². The van der Waals surface area contributed by atoms with Gasteiger partial charge in [-0.25, -0.2) is 9.78 Å². The zero-order valence-electron chi connectivity index (χ0n) is 13.3. The monoisotopic (exact) mass is 291 g/mol. The molecular formula is C16H25N3O2. The normalized spacial score (nSPS) is 19.5. The highest BCUT2D eigenvalue weighted by molar-refractivity contribution is 5.83. The van der Waals surface area contributed by atoms with Gasteiger partial charge >= 0.3 is 6.09 Å². The Morgan fingerprint density at radius 1 is 1.48 bits per heavy atom. The van der Waals surface area contributed by atoms with Crippen molar-refractivity contribution >= 4 is 11.9 Å². The van der Waals surface area contributed by atoms with E-state index in [0.29, 0.717) is 11.9 Å². The van der Waals surface area contributed by atoms with E-state index >= 15 is 0 Å². The van der Waals surface area contributed by atoms with Crippen LogP contribution in [-0.4, -0.2) is 34.7 Å². The van der Waals surface area contributed by atoms with Crippen LogP contribution in [0.15, 0.2) is 18.3 Å². The zero-order valence-corrected chi connectivity index (χ0v) is 13.3. The third-order valence-corrected chi connectivity index (χ3v) is 3.57. The topological polar surface area (TPSA) is 54.5 Å². The van der Waals surface area contributed by atoms with Crippen molar-refractivity contribution in [1.82, 2.24) is 9.88 Å². The Hall–Kier alpha value is -1.62. The molecule has 1 aromatic heterocycles. The number of carbonyl (C=O) groups is 1. The summed E-state index contributed by atoms with van der Waals surface area (Å²) in [7, 11) is 0. The molecule has 0 spiro atoms. The van der Waals surface area contributed by atoms with E-state index in [0.717, 1.165) is 13.1 Å². The molecule has 1 atom stereocenters. The molecule has 1 aromatic rings. The number of nitrogens with one attached hydrogen (secondary N) is 1. The van der Waals surface area contributed by atoms with E-state index in [-0.39, 0.29) is 0 Å². The molecule has 116 valence electrons. The molecule has 21 heavy (non-hydrogen) atoms. The van der Waals surface area contributed by atoms with Crippen molar-refractivity contribution in [3.8, 4) is 0 Å². The summed E-state index contributed by atoms with van der Waals surface area (Å²) in [6, 6.07) is 4.34. The molecular weight excluding hydrogens is 266 g/mol. The second kappa shape index (κ2) is 6.43. The maximum Gasteiger partial charge on any atom is 0.413 e. The maximum absolute atomic E-state index is 11.7. The van der Waals surface area contributed by atoms with Crippen LogP contribution < -0.4 is 5.32 Å². The number of amides is 1. The van der Waals surface area contributed by atoms with Crippen LogP contribution in [0.2, 0.25) is 0 Å². The van der Waals surface area contributed by atoms with Gasteiger partial charge in [0.1, 0.15) is 11.4 Å². The van der Waals surface area contributed by atoms with Gasteiger partial charge < -0.3 is 4.74 Å². The number of anilines is 1. The van der Waals surface area contributed by atoms with E-state index in [4.69, 9.17) is 4.74 Å². The highest BCUT2D eigenvalue weighted by Gasteiger charge is 2.24. The standard InChI is InChI=1S/C16H25N3O2/c1-5-19-10-6-7-13(19)12-8-9-14(17-11-12)18-15(20)21-16(2,3)4/h8-9,11,13H,5-7,10H2,1-4H3,(H,17,18,20)/t13-/m1/s1. The van der Waals surface area contributed by atoms with E-state index in [2.05, 4.69) is 22.1 Å². The van der Waals surface area contributed by atoms with Gasteiger partial charge in [-0.15, -0.1) is 0 Å². The quantitative estimate of drug-likeness (QED) is 0.924. The fourth-order valence-electron chi connectivity index (χ4n) is 2.67. The van der Waals surface area contributed by atoms with Gasteiger partial charge in [-0.1, -0.05) is 13.0 Å². The first-order chi connectivity index (χ1) is 9.89. The summed E-state index contributed by atoms with van der Waals surface area (Å²) in [4.78, 5) is 18.5. The number of likely N-dealkylation sites (tertiary alicyclic amines) is 1. The van der Waals surface area contributed by atoms with Crippen LogP contribution in [0.1, 0.15) is 52.1 Å². The average Bonchev–Trinajstić information content (AvgIpc) is 2.85. The lowest BCUT2D eigenvalue weighted by Crippen LogP contribution is -2.27. The Balaban J connectivity index is 1.97. The van der Waals surface area contributed by atoms with Crippen molar-refractivity contribution in [2.24, 2.45) is 0 Å². The number of carbonyl (C=O) groups excluding carboxylic acids is 1.